The number of nitrogens with zero attached hydrogens (tertiary/aromatic N) is 1. The van der Waals surface area contributed by atoms with E-state index in [9.17, 15) is 4.79 Å². The van der Waals surface area contributed by atoms with Gasteiger partial charge >= 0.3 is 0 Å². The highest BCUT2D eigenvalue weighted by Crippen LogP contribution is 2.43. The summed E-state index contributed by atoms with van der Waals surface area (Å²) in [6.07, 6.45) is 0. The molecule has 102 valence electrons. The second-order valence-corrected chi connectivity index (χ2v) is 5.90. The van der Waals surface area contributed by atoms with Crippen LogP contribution >= 0.6 is 23.2 Å². The lowest BCUT2D eigenvalue weighted by Crippen LogP contribution is -2.24. The number of carbonyl (C=O) groups excluding carboxylic acids is 1. The Hall–Kier alpha value is -1.51. The fourth-order valence-corrected chi connectivity index (χ4v) is 3.19. The molecule has 0 saturated heterocycles. The molecule has 1 atom stereocenters. The van der Waals surface area contributed by atoms with Gasteiger partial charge in [-0.05, 0) is 41.8 Å². The van der Waals surface area contributed by atoms with Gasteiger partial charge in [-0.2, -0.15) is 0 Å². The predicted octanol–water partition coefficient (Wildman–Crippen LogP) is 4.41. The summed E-state index contributed by atoms with van der Waals surface area (Å²) in [5.74, 6) is -0.310. The molecule has 1 aliphatic rings. The first-order chi connectivity index (χ1) is 9.49. The molecule has 1 amide bonds. The van der Waals surface area contributed by atoms with Crippen molar-refractivity contribution in [2.75, 3.05) is 11.9 Å². The summed E-state index contributed by atoms with van der Waals surface area (Å²) in [6, 6.07) is 11.3. The van der Waals surface area contributed by atoms with Crippen LogP contribution in [0.4, 0.5) is 5.69 Å². The van der Waals surface area contributed by atoms with Crippen molar-refractivity contribution in [2.45, 2.75) is 12.8 Å². The number of anilines is 1. The molecule has 3 rings (SSSR count). The Morgan fingerprint density at radius 2 is 1.75 bits per heavy atom. The maximum Gasteiger partial charge on any atom is 0.238 e. The van der Waals surface area contributed by atoms with E-state index in [4.69, 9.17) is 23.2 Å². The standard InChI is InChI=1S/C16H13Cl2NO/c1-9-3-5-12-14(7-9)19(2)16(20)15(12)11-6-4-10(17)8-13(11)18/h3-8,15H,1-2H3. The summed E-state index contributed by atoms with van der Waals surface area (Å²) in [6.45, 7) is 2.02. The van der Waals surface area contributed by atoms with Crippen molar-refractivity contribution in [2.24, 2.45) is 0 Å². The Morgan fingerprint density at radius 3 is 2.45 bits per heavy atom. The Morgan fingerprint density at radius 1 is 1.05 bits per heavy atom. The third-order valence-corrected chi connectivity index (χ3v) is 4.27. The van der Waals surface area contributed by atoms with Crippen molar-refractivity contribution in [3.05, 3.63) is 63.1 Å². The van der Waals surface area contributed by atoms with Crippen LogP contribution in [-0.4, -0.2) is 13.0 Å². The van der Waals surface area contributed by atoms with Gasteiger partial charge in [-0.1, -0.05) is 41.4 Å². The summed E-state index contributed by atoms with van der Waals surface area (Å²) in [7, 11) is 1.80. The quantitative estimate of drug-likeness (QED) is 0.764. The lowest BCUT2D eigenvalue weighted by Gasteiger charge is -2.13. The second kappa shape index (κ2) is 4.80. The van der Waals surface area contributed by atoms with Crippen LogP contribution in [0.1, 0.15) is 22.6 Å². The molecule has 2 aromatic rings. The van der Waals surface area contributed by atoms with Gasteiger partial charge in [0, 0.05) is 22.8 Å². The Balaban J connectivity index is 2.18. The topological polar surface area (TPSA) is 20.3 Å². The van der Waals surface area contributed by atoms with Gasteiger partial charge in [-0.15, -0.1) is 0 Å². The second-order valence-electron chi connectivity index (χ2n) is 5.06. The maximum atomic E-state index is 12.5. The number of halogens is 2. The molecule has 4 heteroatoms. The number of hydrogen-bond donors (Lipinski definition) is 0. The monoisotopic (exact) mass is 305 g/mol. The molecule has 20 heavy (non-hydrogen) atoms. The van der Waals surface area contributed by atoms with Crippen molar-refractivity contribution in [3.63, 3.8) is 0 Å². The lowest BCUT2D eigenvalue weighted by molar-refractivity contribution is -0.118. The zero-order valence-corrected chi connectivity index (χ0v) is 12.7. The lowest BCUT2D eigenvalue weighted by atomic mass is 9.92. The Kier molecular flexibility index (Phi) is 3.23. The fraction of sp³-hybridized carbons (Fsp3) is 0.188. The molecular weight excluding hydrogens is 293 g/mol. The third-order valence-electron chi connectivity index (χ3n) is 3.71. The first-order valence-electron chi connectivity index (χ1n) is 6.32. The number of carbonyl (C=O) groups is 1. The molecular formula is C16H13Cl2NO. The van der Waals surface area contributed by atoms with Crippen LogP contribution in [0.3, 0.4) is 0 Å². The van der Waals surface area contributed by atoms with E-state index in [1.54, 1.807) is 24.1 Å². The van der Waals surface area contributed by atoms with Gasteiger partial charge in [0.05, 0.1) is 5.92 Å². The molecule has 2 nitrogen and oxygen atoms in total. The van der Waals surface area contributed by atoms with E-state index >= 15 is 0 Å². The minimum atomic E-state index is -0.347. The van der Waals surface area contributed by atoms with E-state index in [1.165, 1.54) is 0 Å². The molecule has 0 N–H and O–H groups in total. The van der Waals surface area contributed by atoms with E-state index in [0.717, 1.165) is 22.4 Å². The van der Waals surface area contributed by atoms with Gasteiger partial charge in [-0.25, -0.2) is 0 Å². The summed E-state index contributed by atoms with van der Waals surface area (Å²) < 4.78 is 0. The van der Waals surface area contributed by atoms with Gasteiger partial charge in [0.15, 0.2) is 0 Å². The fourth-order valence-electron chi connectivity index (χ4n) is 2.67. The van der Waals surface area contributed by atoms with Gasteiger partial charge in [0.25, 0.3) is 0 Å². The maximum absolute atomic E-state index is 12.5. The van der Waals surface area contributed by atoms with E-state index < -0.39 is 0 Å². The molecule has 0 saturated carbocycles. The van der Waals surface area contributed by atoms with Gasteiger partial charge in [0.1, 0.15) is 0 Å². The highest BCUT2D eigenvalue weighted by atomic mass is 35.5. The molecule has 0 bridgehead atoms. The Labute approximate surface area is 127 Å². The van der Waals surface area contributed by atoms with E-state index in [0.29, 0.717) is 10.0 Å². The largest absolute Gasteiger partial charge is 0.314 e. The number of benzene rings is 2. The van der Waals surface area contributed by atoms with Gasteiger partial charge < -0.3 is 4.90 Å². The minimum Gasteiger partial charge on any atom is -0.314 e. The molecule has 0 aliphatic carbocycles. The summed E-state index contributed by atoms with van der Waals surface area (Å²) >= 11 is 12.2. The SMILES string of the molecule is Cc1ccc2c(c1)N(C)C(=O)C2c1ccc(Cl)cc1Cl. The predicted molar refractivity (Wildman–Crippen MR) is 82.9 cm³/mol. The van der Waals surface area contributed by atoms with Crippen LogP contribution in [0, 0.1) is 6.92 Å². The minimum absolute atomic E-state index is 0.0369. The molecule has 1 aliphatic heterocycles. The number of aryl methyl sites for hydroxylation is 1. The Bertz CT molecular complexity index is 712. The zero-order valence-electron chi connectivity index (χ0n) is 11.2. The smallest absolute Gasteiger partial charge is 0.238 e. The average Bonchev–Trinajstić information content (AvgIpc) is 2.63. The summed E-state index contributed by atoms with van der Waals surface area (Å²) in [4.78, 5) is 14.2. The highest BCUT2D eigenvalue weighted by Gasteiger charge is 2.37. The van der Waals surface area contributed by atoms with E-state index in [2.05, 4.69) is 0 Å². The first kappa shape index (κ1) is 13.5. The normalized spacial score (nSPS) is 17.5. The van der Waals surface area contributed by atoms with Crippen LogP contribution < -0.4 is 4.90 Å². The zero-order chi connectivity index (χ0) is 14.4. The summed E-state index contributed by atoms with van der Waals surface area (Å²) in [5, 5.41) is 1.10. The number of fused-ring (bicyclic) bond motifs is 1. The van der Waals surface area contributed by atoms with Crippen molar-refractivity contribution < 1.29 is 4.79 Å². The van der Waals surface area contributed by atoms with Crippen LogP contribution in [-0.2, 0) is 4.79 Å². The van der Waals surface area contributed by atoms with Crippen molar-refractivity contribution in [1.29, 1.82) is 0 Å². The van der Waals surface area contributed by atoms with Crippen LogP contribution in [0.2, 0.25) is 10.0 Å². The first-order valence-corrected chi connectivity index (χ1v) is 7.07. The number of amides is 1. The average molecular weight is 306 g/mol. The number of rotatable bonds is 1. The van der Waals surface area contributed by atoms with Crippen molar-refractivity contribution >= 4 is 34.8 Å². The molecule has 2 aromatic carbocycles. The van der Waals surface area contributed by atoms with Crippen molar-refractivity contribution in [1.82, 2.24) is 0 Å². The molecule has 0 spiro atoms. The molecule has 0 aromatic heterocycles. The molecule has 0 radical (unpaired) electrons. The van der Waals surface area contributed by atoms with E-state index in [1.807, 2.05) is 31.2 Å². The highest BCUT2D eigenvalue weighted by molar-refractivity contribution is 6.35. The van der Waals surface area contributed by atoms with Gasteiger partial charge in [0.2, 0.25) is 5.91 Å². The van der Waals surface area contributed by atoms with Crippen LogP contribution in [0.15, 0.2) is 36.4 Å². The number of likely N-dealkylation sites (N-methyl/N-ethyl adjacent to an activating group) is 1. The third kappa shape index (κ3) is 2.00. The molecule has 1 unspecified atom stereocenters. The molecule has 1 heterocycles. The van der Waals surface area contributed by atoms with Crippen LogP contribution in [0.5, 0.6) is 0 Å². The van der Waals surface area contributed by atoms with Gasteiger partial charge in [-0.3, -0.25) is 4.79 Å². The number of hydrogen-bond acceptors (Lipinski definition) is 1. The van der Waals surface area contributed by atoms with E-state index in [-0.39, 0.29) is 11.8 Å². The van der Waals surface area contributed by atoms with Crippen molar-refractivity contribution in [3.8, 4) is 0 Å². The van der Waals surface area contributed by atoms with Crippen LogP contribution in [0.25, 0.3) is 0 Å². The summed E-state index contributed by atoms with van der Waals surface area (Å²) in [5.41, 5.74) is 3.88. The molecule has 0 fully saturated rings.